The van der Waals surface area contributed by atoms with Crippen LogP contribution in [0.4, 0.5) is 0 Å². The van der Waals surface area contributed by atoms with Gasteiger partial charge in [0.25, 0.3) is 10.1 Å². The van der Waals surface area contributed by atoms with Gasteiger partial charge in [-0.25, -0.2) is 5.26 Å². The molecule has 2 N–H and O–H groups in total. The van der Waals surface area contributed by atoms with E-state index >= 15 is 0 Å². The summed E-state index contributed by atoms with van der Waals surface area (Å²) in [5.74, 6) is 0. The molecule has 182 valence electrons. The molecule has 4 aromatic carbocycles. The highest BCUT2D eigenvalue weighted by Gasteiger charge is 2.08. The van der Waals surface area contributed by atoms with E-state index in [1.165, 1.54) is 12.1 Å². The molecule has 0 aliphatic heterocycles. The van der Waals surface area contributed by atoms with E-state index in [-0.39, 0.29) is 4.90 Å². The zero-order valence-electron chi connectivity index (χ0n) is 18.9. The number of rotatable bonds is 9. The van der Waals surface area contributed by atoms with Crippen LogP contribution in [0.2, 0.25) is 0 Å². The largest absolute Gasteiger partial charge is 0.294 e. The lowest BCUT2D eigenvalue weighted by Crippen LogP contribution is -1.97. The first-order valence-electron chi connectivity index (χ1n) is 10.8. The summed E-state index contributed by atoms with van der Waals surface area (Å²) in [6, 6.07) is 30.0. The minimum Gasteiger partial charge on any atom is -0.282 e. The fourth-order valence-corrected chi connectivity index (χ4v) is 4.42. The summed E-state index contributed by atoms with van der Waals surface area (Å²) in [6.45, 7) is 0. The Labute approximate surface area is 214 Å². The predicted octanol–water partition coefficient (Wildman–Crippen LogP) is 7.37. The molecule has 0 atom stereocenters. The molecule has 0 bridgehead atoms. The molecule has 4 aromatic rings. The normalized spacial score (nSPS) is 11.9. The predicted molar refractivity (Wildman–Crippen MR) is 143 cm³/mol. The van der Waals surface area contributed by atoms with Crippen LogP contribution in [-0.2, 0) is 19.5 Å². The molecule has 0 fully saturated rings. The Balaban J connectivity index is 1.41. The van der Waals surface area contributed by atoms with Crippen molar-refractivity contribution in [1.29, 1.82) is 0 Å². The molecule has 0 heterocycles. The number of hydrogen-bond donors (Lipinski definition) is 2. The summed E-state index contributed by atoms with van der Waals surface area (Å²) in [5, 5.41) is 11.9. The van der Waals surface area contributed by atoms with Crippen LogP contribution in [0.5, 0.6) is 0 Å². The highest BCUT2D eigenvalue weighted by molar-refractivity contribution is 7.94. The quantitative estimate of drug-likeness (QED) is 0.0785. The maximum atomic E-state index is 11.3. The Morgan fingerprint density at radius 2 is 1.14 bits per heavy atom. The van der Waals surface area contributed by atoms with E-state index in [0.29, 0.717) is 5.56 Å². The summed E-state index contributed by atoms with van der Waals surface area (Å²) in [6.07, 6.45) is 7.69. The summed E-state index contributed by atoms with van der Waals surface area (Å²) >= 11 is 0.919. The molecule has 6 nitrogen and oxygen atoms in total. The van der Waals surface area contributed by atoms with Crippen molar-refractivity contribution in [3.63, 3.8) is 0 Å². The molecule has 0 aliphatic rings. The zero-order valence-corrected chi connectivity index (χ0v) is 20.5. The monoisotopic (exact) mass is 518 g/mol. The summed E-state index contributed by atoms with van der Waals surface area (Å²) < 4.78 is 36.3. The maximum Gasteiger partial charge on any atom is 0.294 e. The van der Waals surface area contributed by atoms with Gasteiger partial charge in [-0.3, -0.25) is 4.55 Å². The topological polar surface area (TPSA) is 93.1 Å². The smallest absolute Gasteiger partial charge is 0.282 e. The second kappa shape index (κ2) is 12.0. The van der Waals surface area contributed by atoms with Crippen molar-refractivity contribution >= 4 is 46.5 Å². The number of hydrogen-bond acceptors (Lipinski definition) is 6. The molecule has 0 aliphatic carbocycles. The average Bonchev–Trinajstić information content (AvgIpc) is 2.90. The molecule has 8 heteroatoms. The van der Waals surface area contributed by atoms with E-state index in [4.69, 9.17) is 5.26 Å². The van der Waals surface area contributed by atoms with E-state index in [9.17, 15) is 13.0 Å². The van der Waals surface area contributed by atoms with Crippen molar-refractivity contribution in [2.24, 2.45) is 0 Å². The fraction of sp³-hybridized carbons (Fsp3) is 0. The lowest BCUT2D eigenvalue weighted by atomic mass is 10.0. The van der Waals surface area contributed by atoms with Crippen molar-refractivity contribution in [1.82, 2.24) is 0 Å². The maximum absolute atomic E-state index is 11.3. The van der Waals surface area contributed by atoms with Gasteiger partial charge in [0, 0.05) is 4.90 Å². The van der Waals surface area contributed by atoms with Gasteiger partial charge in [-0.05, 0) is 57.6 Å². The minimum atomic E-state index is -4.23. The van der Waals surface area contributed by atoms with Crippen molar-refractivity contribution in [3.8, 4) is 11.1 Å². The van der Waals surface area contributed by atoms with Crippen LogP contribution in [0, 0.1) is 0 Å². The molecule has 0 saturated heterocycles. The minimum absolute atomic E-state index is 0.131. The van der Waals surface area contributed by atoms with Gasteiger partial charge in [-0.15, -0.1) is 4.33 Å². The molecule has 0 spiro atoms. The molecule has 4 rings (SSSR count). The van der Waals surface area contributed by atoms with Crippen LogP contribution in [0.25, 0.3) is 35.4 Å². The Hall–Kier alpha value is -3.50. The molecule has 0 radical (unpaired) electrons. The van der Waals surface area contributed by atoms with Gasteiger partial charge in [0.05, 0.1) is 16.9 Å². The van der Waals surface area contributed by atoms with Crippen molar-refractivity contribution in [2.75, 3.05) is 0 Å². The van der Waals surface area contributed by atoms with E-state index in [1.54, 1.807) is 18.2 Å². The summed E-state index contributed by atoms with van der Waals surface area (Å²) in [4.78, 5) is 0.667. The summed E-state index contributed by atoms with van der Waals surface area (Å²) in [7, 11) is -4.23. The fourth-order valence-electron chi connectivity index (χ4n) is 3.46. The second-order valence-electron chi connectivity index (χ2n) is 7.76. The van der Waals surface area contributed by atoms with E-state index in [2.05, 4.69) is 21.5 Å². The third kappa shape index (κ3) is 7.25. The number of benzene rings is 4. The average molecular weight is 519 g/mol. The third-order valence-corrected chi connectivity index (χ3v) is 6.69. The summed E-state index contributed by atoms with van der Waals surface area (Å²) in [5.41, 5.74) is 5.84. The van der Waals surface area contributed by atoms with Gasteiger partial charge < -0.3 is 0 Å². The molecule has 36 heavy (non-hydrogen) atoms. The van der Waals surface area contributed by atoms with Crippen LogP contribution in [0.15, 0.2) is 107 Å². The van der Waals surface area contributed by atoms with Gasteiger partial charge in [0.1, 0.15) is 0 Å². The second-order valence-corrected chi connectivity index (χ2v) is 9.95. The van der Waals surface area contributed by atoms with E-state index in [1.807, 2.05) is 78.9 Å². The van der Waals surface area contributed by atoms with Crippen LogP contribution in [0.3, 0.4) is 0 Å². The van der Waals surface area contributed by atoms with Gasteiger partial charge in [0.15, 0.2) is 0 Å². The van der Waals surface area contributed by atoms with Gasteiger partial charge in [-0.2, -0.15) is 8.42 Å². The molecule has 0 unspecified atom stereocenters. The third-order valence-electron chi connectivity index (χ3n) is 5.27. The van der Waals surface area contributed by atoms with Crippen LogP contribution in [0.1, 0.15) is 22.3 Å². The first-order valence-corrected chi connectivity index (χ1v) is 13.0. The SMILES string of the molecule is O=S(=O)(O)c1cccc(/C=C/c2ccc(-c3ccc(/C=C/c4cccc(SOOO)c4)cc3)cc2)c1. The van der Waals surface area contributed by atoms with E-state index < -0.39 is 10.1 Å². The zero-order chi connectivity index (χ0) is 25.4. The molecule has 0 aromatic heterocycles. The molecule has 0 amide bonds. The van der Waals surface area contributed by atoms with Crippen molar-refractivity contribution in [2.45, 2.75) is 9.79 Å². The Kier molecular flexibility index (Phi) is 8.50. The highest BCUT2D eigenvalue weighted by Crippen LogP contribution is 2.24. The standard InChI is InChI=1S/C28H22O6S2/c29-33-34-35-27-5-1-3-23(19-27)9-7-21-11-15-25(16-12-21)26-17-13-22(14-18-26)8-10-24-4-2-6-28(20-24)36(30,31)32/h1-20,29H,(H,30,31,32)/b9-7+,10-8+. The molecular weight excluding hydrogens is 496 g/mol. The lowest BCUT2D eigenvalue weighted by Gasteiger charge is -2.04. The van der Waals surface area contributed by atoms with Crippen LogP contribution >= 0.6 is 12.0 Å². The van der Waals surface area contributed by atoms with Crippen molar-refractivity contribution in [3.05, 3.63) is 119 Å². The first-order chi connectivity index (χ1) is 17.4. The first kappa shape index (κ1) is 25.6. The Morgan fingerprint density at radius 1 is 0.639 bits per heavy atom. The van der Waals surface area contributed by atoms with E-state index in [0.717, 1.165) is 44.8 Å². The Bertz CT molecular complexity index is 1480. The van der Waals surface area contributed by atoms with Crippen LogP contribution in [-0.4, -0.2) is 18.2 Å². The van der Waals surface area contributed by atoms with Crippen LogP contribution < -0.4 is 0 Å². The highest BCUT2D eigenvalue weighted by atomic mass is 32.2. The molecular formula is C28H22O6S2. The van der Waals surface area contributed by atoms with Gasteiger partial charge in [0.2, 0.25) is 0 Å². The lowest BCUT2D eigenvalue weighted by molar-refractivity contribution is -0.432. The molecule has 0 saturated carbocycles. The Morgan fingerprint density at radius 3 is 1.67 bits per heavy atom. The van der Waals surface area contributed by atoms with Gasteiger partial charge in [-0.1, -0.05) is 102 Å². The van der Waals surface area contributed by atoms with Gasteiger partial charge >= 0.3 is 0 Å². The van der Waals surface area contributed by atoms with Crippen molar-refractivity contribution < 1.29 is 27.6 Å².